The van der Waals surface area contributed by atoms with Gasteiger partial charge in [0.1, 0.15) is 45.7 Å². The van der Waals surface area contributed by atoms with Gasteiger partial charge in [0.25, 0.3) is 11.4 Å². The number of rotatable bonds is 8. The predicted molar refractivity (Wildman–Crippen MR) is 163 cm³/mol. The van der Waals surface area contributed by atoms with Crippen LogP contribution in [0.25, 0.3) is 12.2 Å². The first-order valence-corrected chi connectivity index (χ1v) is 14.4. The van der Waals surface area contributed by atoms with E-state index in [9.17, 15) is 20.2 Å². The van der Waals surface area contributed by atoms with Crippen molar-refractivity contribution < 1.29 is 24.1 Å². The average Bonchev–Trinajstić information content (AvgIpc) is 2.98. The fraction of sp³-hybridized carbons (Fsp3) is 0.250. The summed E-state index contributed by atoms with van der Waals surface area (Å²) in [6.45, 7) is 0. The van der Waals surface area contributed by atoms with E-state index in [0.29, 0.717) is 11.5 Å². The smallest absolute Gasteiger partial charge is 0.267 e. The highest BCUT2D eigenvalue weighted by molar-refractivity contribution is 6.26. The Morgan fingerprint density at radius 1 is 0.674 bits per heavy atom. The fourth-order valence-corrected chi connectivity index (χ4v) is 6.39. The summed E-state index contributed by atoms with van der Waals surface area (Å²) in [5.74, 6) is 1.35. The van der Waals surface area contributed by atoms with Gasteiger partial charge in [0.05, 0.1) is 9.85 Å². The Balaban J connectivity index is 1.27. The zero-order valence-corrected chi connectivity index (χ0v) is 24.1. The lowest BCUT2D eigenvalue weighted by Crippen LogP contribution is -2.49. The first-order valence-electron chi connectivity index (χ1n) is 13.6. The molecule has 6 rings (SSSR count). The van der Waals surface area contributed by atoms with Crippen molar-refractivity contribution >= 4 is 35.4 Å². The van der Waals surface area contributed by atoms with Crippen LogP contribution in [-0.2, 0) is 4.74 Å². The first kappa shape index (κ1) is 28.9. The molecule has 6 unspecified atom stereocenters. The van der Waals surface area contributed by atoms with Gasteiger partial charge < -0.3 is 14.2 Å². The number of benzene rings is 2. The third-order valence-electron chi connectivity index (χ3n) is 7.72. The standard InChI is InChI=1S/C32H26Cl2N2O7/c33-31(19-25-13-9-21-5-1-3-7-27(21)41-25)17-23(35(37)38)11-15-29(31)43-30-16-12-24(36(39)40)18-32(30,34)20-26-14-10-22-6-2-4-8-28(22)42-26/h1-18,25-26,29-30H,19-20H2. The molecule has 0 fully saturated rings. The van der Waals surface area contributed by atoms with Crippen LogP contribution in [0.1, 0.15) is 24.0 Å². The van der Waals surface area contributed by atoms with E-state index in [1.165, 1.54) is 36.5 Å². The molecule has 220 valence electrons. The molecule has 0 aromatic heterocycles. The summed E-state index contributed by atoms with van der Waals surface area (Å²) in [5, 5.41) is 23.4. The number of halogens is 2. The molecule has 0 spiro atoms. The molecule has 0 bridgehead atoms. The highest BCUT2D eigenvalue weighted by atomic mass is 35.5. The van der Waals surface area contributed by atoms with Crippen molar-refractivity contribution in [1.29, 1.82) is 0 Å². The topological polar surface area (TPSA) is 114 Å². The number of nitrogens with zero attached hydrogens (tertiary/aromatic N) is 2. The Morgan fingerprint density at radius 2 is 1.09 bits per heavy atom. The maximum absolute atomic E-state index is 11.7. The summed E-state index contributed by atoms with van der Waals surface area (Å²) in [6, 6.07) is 15.0. The number of ether oxygens (including phenoxy) is 3. The minimum absolute atomic E-state index is 0.138. The number of alkyl halides is 2. The molecule has 0 saturated heterocycles. The van der Waals surface area contributed by atoms with E-state index in [2.05, 4.69) is 0 Å². The molecule has 2 aliphatic heterocycles. The Bertz CT molecular complexity index is 1530. The lowest BCUT2D eigenvalue weighted by molar-refractivity contribution is -0.420. The second kappa shape index (κ2) is 11.5. The second-order valence-electron chi connectivity index (χ2n) is 10.7. The van der Waals surface area contributed by atoms with E-state index >= 15 is 0 Å². The predicted octanol–water partition coefficient (Wildman–Crippen LogP) is 6.89. The van der Waals surface area contributed by atoms with Crippen LogP contribution in [0.5, 0.6) is 11.5 Å². The summed E-state index contributed by atoms with van der Waals surface area (Å²) in [7, 11) is 0. The Hall–Kier alpha value is -4.18. The minimum Gasteiger partial charge on any atom is -0.486 e. The van der Waals surface area contributed by atoms with Crippen molar-refractivity contribution in [2.75, 3.05) is 0 Å². The lowest BCUT2D eigenvalue weighted by atomic mass is 9.86. The van der Waals surface area contributed by atoms with Crippen molar-refractivity contribution in [2.24, 2.45) is 0 Å². The lowest BCUT2D eigenvalue weighted by Gasteiger charge is -2.41. The van der Waals surface area contributed by atoms with E-state index < -0.39 is 44.0 Å². The maximum Gasteiger partial charge on any atom is 0.267 e. The maximum atomic E-state index is 11.7. The van der Waals surface area contributed by atoms with Gasteiger partial charge in [-0.2, -0.15) is 0 Å². The molecule has 2 aliphatic carbocycles. The third kappa shape index (κ3) is 6.01. The summed E-state index contributed by atoms with van der Waals surface area (Å²) in [4.78, 5) is 19.6. The quantitative estimate of drug-likeness (QED) is 0.179. The number of hydrogen-bond acceptors (Lipinski definition) is 7. The van der Waals surface area contributed by atoms with Crippen molar-refractivity contribution in [3.63, 3.8) is 0 Å². The van der Waals surface area contributed by atoms with Gasteiger partial charge in [0, 0.05) is 48.3 Å². The molecule has 0 N–H and O–H groups in total. The molecular formula is C32H26Cl2N2O7. The van der Waals surface area contributed by atoms with Crippen molar-refractivity contribution in [3.05, 3.63) is 140 Å². The van der Waals surface area contributed by atoms with Crippen molar-refractivity contribution in [2.45, 2.75) is 47.0 Å². The second-order valence-corrected chi connectivity index (χ2v) is 12.1. The third-order valence-corrected chi connectivity index (χ3v) is 8.68. The van der Waals surface area contributed by atoms with Gasteiger partial charge in [-0.05, 0) is 36.4 Å². The van der Waals surface area contributed by atoms with Crippen LogP contribution in [0.2, 0.25) is 0 Å². The van der Waals surface area contributed by atoms with Gasteiger partial charge in [0.15, 0.2) is 0 Å². The molecule has 0 amide bonds. The Kier molecular flexibility index (Phi) is 7.72. The monoisotopic (exact) mass is 620 g/mol. The number of allylic oxidation sites excluding steroid dienone is 2. The van der Waals surface area contributed by atoms with Gasteiger partial charge >= 0.3 is 0 Å². The molecule has 2 aromatic rings. The fourth-order valence-electron chi connectivity index (χ4n) is 5.61. The van der Waals surface area contributed by atoms with E-state index in [0.717, 1.165) is 11.1 Å². The summed E-state index contributed by atoms with van der Waals surface area (Å²) < 4.78 is 18.8. The summed E-state index contributed by atoms with van der Waals surface area (Å²) in [5.41, 5.74) is 1.46. The molecule has 11 heteroatoms. The zero-order valence-electron chi connectivity index (χ0n) is 22.6. The molecule has 2 aromatic carbocycles. The van der Waals surface area contributed by atoms with Crippen LogP contribution in [-0.4, -0.2) is 44.0 Å². The Labute approximate surface area is 257 Å². The Morgan fingerprint density at radius 3 is 1.51 bits per heavy atom. The number of hydrogen-bond donors (Lipinski definition) is 0. The highest BCUT2D eigenvalue weighted by Gasteiger charge is 2.48. The van der Waals surface area contributed by atoms with E-state index in [1.807, 2.05) is 72.8 Å². The van der Waals surface area contributed by atoms with Crippen molar-refractivity contribution in [3.8, 4) is 11.5 Å². The number of para-hydroxylation sites is 2. The molecular weight excluding hydrogens is 595 g/mol. The van der Waals surface area contributed by atoms with Gasteiger partial charge in [-0.25, -0.2) is 0 Å². The van der Waals surface area contributed by atoms with E-state index in [-0.39, 0.29) is 24.2 Å². The molecule has 43 heavy (non-hydrogen) atoms. The molecule has 0 saturated carbocycles. The first-order chi connectivity index (χ1) is 20.6. The van der Waals surface area contributed by atoms with E-state index in [4.69, 9.17) is 37.4 Å². The van der Waals surface area contributed by atoms with Crippen LogP contribution >= 0.6 is 23.2 Å². The summed E-state index contributed by atoms with van der Waals surface area (Å²) in [6.07, 6.45) is 13.5. The van der Waals surface area contributed by atoms with Crippen molar-refractivity contribution in [1.82, 2.24) is 0 Å². The highest BCUT2D eigenvalue weighted by Crippen LogP contribution is 2.43. The van der Waals surface area contributed by atoms with Gasteiger partial charge in [0.2, 0.25) is 0 Å². The normalized spacial score (nSPS) is 30.3. The van der Waals surface area contributed by atoms with Gasteiger partial charge in [-0.15, -0.1) is 23.2 Å². The largest absolute Gasteiger partial charge is 0.486 e. The van der Waals surface area contributed by atoms with Crippen LogP contribution in [0.15, 0.2) is 109 Å². The van der Waals surface area contributed by atoms with Crippen LogP contribution < -0.4 is 9.47 Å². The summed E-state index contributed by atoms with van der Waals surface area (Å²) >= 11 is 14.4. The van der Waals surface area contributed by atoms with Crippen LogP contribution in [0, 0.1) is 20.2 Å². The SMILES string of the molecule is O=[N+]([O-])C1=CC(Cl)(CC2C=Cc3ccccc3O2)C(OC2C=CC([N+](=O)[O-])=CC2(Cl)CC2C=Cc3ccccc3O2)C=C1. The molecule has 9 nitrogen and oxygen atoms in total. The van der Waals surface area contributed by atoms with Gasteiger partial charge in [-0.3, -0.25) is 20.2 Å². The molecule has 6 atom stereocenters. The molecule has 2 heterocycles. The van der Waals surface area contributed by atoms with Crippen LogP contribution in [0.4, 0.5) is 0 Å². The molecule has 0 radical (unpaired) electrons. The zero-order chi connectivity index (χ0) is 30.2. The van der Waals surface area contributed by atoms with Crippen LogP contribution in [0.3, 0.4) is 0 Å². The van der Waals surface area contributed by atoms with Gasteiger partial charge in [-0.1, -0.05) is 48.6 Å². The number of fused-ring (bicyclic) bond motifs is 2. The number of nitro groups is 2. The average molecular weight is 621 g/mol. The molecule has 4 aliphatic rings. The minimum atomic E-state index is -1.41. The van der Waals surface area contributed by atoms with E-state index in [1.54, 1.807) is 0 Å².